The summed E-state index contributed by atoms with van der Waals surface area (Å²) >= 11 is 0. The number of oxime groups is 1. The van der Waals surface area contributed by atoms with Crippen LogP contribution in [0.3, 0.4) is 0 Å². The van der Waals surface area contributed by atoms with Gasteiger partial charge in [0.25, 0.3) is 0 Å². The maximum Gasteiger partial charge on any atom is 0.338 e. The number of hydrogen-bond acceptors (Lipinski definition) is 4. The predicted molar refractivity (Wildman–Crippen MR) is 57.0 cm³/mol. The average Bonchev–Trinajstić information content (AvgIpc) is 2.28. The molecule has 0 aromatic heterocycles. The number of nitrogens with zero attached hydrogens (tertiary/aromatic N) is 1. The van der Waals surface area contributed by atoms with E-state index in [9.17, 15) is 4.79 Å². The lowest BCUT2D eigenvalue weighted by Gasteiger charge is -2.06. The van der Waals surface area contributed by atoms with Crippen LogP contribution in [0.15, 0.2) is 29.4 Å². The zero-order valence-corrected chi connectivity index (χ0v) is 8.98. The van der Waals surface area contributed by atoms with E-state index in [4.69, 9.17) is 0 Å². The van der Waals surface area contributed by atoms with Crippen LogP contribution in [-0.2, 0) is 9.57 Å². The molecule has 1 rings (SSSR count). The zero-order chi connectivity index (χ0) is 11.3. The summed E-state index contributed by atoms with van der Waals surface area (Å²) in [5.41, 5.74) is 1.84. The maximum absolute atomic E-state index is 11.4. The molecule has 0 saturated heterocycles. The first-order valence-electron chi connectivity index (χ1n) is 4.46. The molecule has 0 aliphatic heterocycles. The highest BCUT2D eigenvalue weighted by Gasteiger charge is 2.12. The monoisotopic (exact) mass is 207 g/mol. The van der Waals surface area contributed by atoms with Crippen LogP contribution < -0.4 is 0 Å². The van der Waals surface area contributed by atoms with Gasteiger partial charge in [-0.1, -0.05) is 23.4 Å². The third-order valence-corrected chi connectivity index (χ3v) is 1.95. The first-order valence-corrected chi connectivity index (χ1v) is 4.46. The van der Waals surface area contributed by atoms with Crippen LogP contribution in [0.2, 0.25) is 0 Å². The number of benzene rings is 1. The summed E-state index contributed by atoms with van der Waals surface area (Å²) in [7, 11) is 2.81. The van der Waals surface area contributed by atoms with Crippen molar-refractivity contribution < 1.29 is 14.4 Å². The summed E-state index contributed by atoms with van der Waals surface area (Å²) < 4.78 is 4.67. The van der Waals surface area contributed by atoms with Gasteiger partial charge in [-0.05, 0) is 13.0 Å². The second kappa shape index (κ2) is 5.14. The molecule has 0 N–H and O–H groups in total. The lowest BCUT2D eigenvalue weighted by molar-refractivity contribution is 0.0600. The Morgan fingerprint density at radius 3 is 2.33 bits per heavy atom. The molecule has 0 aliphatic carbocycles. The van der Waals surface area contributed by atoms with Crippen molar-refractivity contribution in [2.24, 2.45) is 5.16 Å². The molecule has 0 amide bonds. The smallest absolute Gasteiger partial charge is 0.338 e. The van der Waals surface area contributed by atoms with Crippen molar-refractivity contribution in [2.45, 2.75) is 6.92 Å². The third-order valence-electron chi connectivity index (χ3n) is 1.95. The zero-order valence-electron chi connectivity index (χ0n) is 8.98. The Morgan fingerprint density at radius 2 is 1.80 bits per heavy atom. The Labute approximate surface area is 88.5 Å². The van der Waals surface area contributed by atoms with Crippen molar-refractivity contribution in [3.63, 3.8) is 0 Å². The molecule has 1 aromatic carbocycles. The molecule has 0 saturated carbocycles. The summed E-state index contributed by atoms with van der Waals surface area (Å²) in [4.78, 5) is 16.1. The first kappa shape index (κ1) is 11.2. The minimum Gasteiger partial charge on any atom is -0.465 e. The van der Waals surface area contributed by atoms with E-state index in [2.05, 4.69) is 14.7 Å². The van der Waals surface area contributed by atoms with Gasteiger partial charge in [0.2, 0.25) is 0 Å². The lowest BCUT2D eigenvalue weighted by Crippen LogP contribution is -2.09. The van der Waals surface area contributed by atoms with E-state index in [-0.39, 0.29) is 5.97 Å². The molecule has 15 heavy (non-hydrogen) atoms. The van der Waals surface area contributed by atoms with E-state index < -0.39 is 0 Å². The second-order valence-electron chi connectivity index (χ2n) is 2.90. The first-order chi connectivity index (χ1) is 7.20. The Morgan fingerprint density at radius 1 is 1.20 bits per heavy atom. The topological polar surface area (TPSA) is 47.9 Å². The van der Waals surface area contributed by atoms with Crippen molar-refractivity contribution >= 4 is 11.7 Å². The molecule has 4 heteroatoms. The number of ether oxygens (including phenoxy) is 1. The van der Waals surface area contributed by atoms with E-state index >= 15 is 0 Å². The van der Waals surface area contributed by atoms with E-state index in [1.165, 1.54) is 14.2 Å². The molecule has 80 valence electrons. The normalized spacial score (nSPS) is 11.0. The molecular weight excluding hydrogens is 194 g/mol. The van der Waals surface area contributed by atoms with Crippen LogP contribution in [0.25, 0.3) is 0 Å². The number of hydrogen-bond donors (Lipinski definition) is 0. The van der Waals surface area contributed by atoms with Crippen LogP contribution >= 0.6 is 0 Å². The fourth-order valence-corrected chi connectivity index (χ4v) is 1.27. The highest BCUT2D eigenvalue weighted by molar-refractivity contribution is 6.07. The van der Waals surface area contributed by atoms with Gasteiger partial charge in [-0.3, -0.25) is 0 Å². The molecule has 0 heterocycles. The number of methoxy groups -OCH3 is 1. The molecule has 0 aliphatic rings. The van der Waals surface area contributed by atoms with Gasteiger partial charge in [0.15, 0.2) is 0 Å². The van der Waals surface area contributed by atoms with E-state index in [1.54, 1.807) is 25.1 Å². The summed E-state index contributed by atoms with van der Waals surface area (Å²) in [6.45, 7) is 1.77. The summed E-state index contributed by atoms with van der Waals surface area (Å²) in [5.74, 6) is -0.378. The van der Waals surface area contributed by atoms with Gasteiger partial charge in [-0.15, -0.1) is 0 Å². The maximum atomic E-state index is 11.4. The molecule has 0 atom stereocenters. The molecule has 0 bridgehead atoms. The standard InChI is InChI=1S/C11H13NO3/c1-8(12-15-3)9-6-4-5-7-10(9)11(13)14-2/h4-7H,1-3H3/b12-8+. The van der Waals surface area contributed by atoms with Crippen molar-refractivity contribution in [2.75, 3.05) is 14.2 Å². The lowest BCUT2D eigenvalue weighted by atomic mass is 10.0. The Kier molecular flexibility index (Phi) is 3.85. The third kappa shape index (κ3) is 2.56. The number of carbonyl (C=O) groups excluding carboxylic acids is 1. The van der Waals surface area contributed by atoms with Gasteiger partial charge in [0.05, 0.1) is 18.4 Å². The van der Waals surface area contributed by atoms with Gasteiger partial charge < -0.3 is 9.57 Å². The highest BCUT2D eigenvalue weighted by atomic mass is 16.6. The van der Waals surface area contributed by atoms with Crippen LogP contribution in [-0.4, -0.2) is 25.9 Å². The predicted octanol–water partition coefficient (Wildman–Crippen LogP) is 1.84. The molecule has 0 unspecified atom stereocenters. The molecular formula is C11H13NO3. The number of rotatable bonds is 3. The Hall–Kier alpha value is -1.84. The minimum absolute atomic E-state index is 0.378. The summed E-state index contributed by atoms with van der Waals surface area (Å²) in [6, 6.07) is 7.09. The molecule has 0 fully saturated rings. The van der Waals surface area contributed by atoms with Crippen LogP contribution in [0, 0.1) is 0 Å². The van der Waals surface area contributed by atoms with Gasteiger partial charge in [0, 0.05) is 5.56 Å². The van der Waals surface area contributed by atoms with Crippen LogP contribution in [0.1, 0.15) is 22.8 Å². The van der Waals surface area contributed by atoms with Crippen molar-refractivity contribution in [3.05, 3.63) is 35.4 Å². The van der Waals surface area contributed by atoms with Gasteiger partial charge in [0.1, 0.15) is 7.11 Å². The molecule has 1 aromatic rings. The quantitative estimate of drug-likeness (QED) is 0.431. The fraction of sp³-hybridized carbons (Fsp3) is 0.273. The van der Waals surface area contributed by atoms with Gasteiger partial charge in [-0.2, -0.15) is 0 Å². The minimum atomic E-state index is -0.378. The van der Waals surface area contributed by atoms with Crippen LogP contribution in [0.4, 0.5) is 0 Å². The summed E-state index contributed by atoms with van der Waals surface area (Å²) in [6.07, 6.45) is 0. The van der Waals surface area contributed by atoms with E-state index in [1.807, 2.05) is 6.07 Å². The summed E-state index contributed by atoms with van der Waals surface area (Å²) in [5, 5.41) is 3.78. The SMILES string of the molecule is CO/N=C(\C)c1ccccc1C(=O)OC. The Bertz CT molecular complexity index is 385. The van der Waals surface area contributed by atoms with Gasteiger partial charge >= 0.3 is 5.97 Å². The average molecular weight is 207 g/mol. The molecule has 4 nitrogen and oxygen atoms in total. The highest BCUT2D eigenvalue weighted by Crippen LogP contribution is 2.11. The van der Waals surface area contributed by atoms with Gasteiger partial charge in [-0.25, -0.2) is 4.79 Å². The molecule has 0 radical (unpaired) electrons. The van der Waals surface area contributed by atoms with E-state index in [0.29, 0.717) is 16.8 Å². The van der Waals surface area contributed by atoms with Crippen molar-refractivity contribution in [1.82, 2.24) is 0 Å². The van der Waals surface area contributed by atoms with E-state index in [0.717, 1.165) is 0 Å². The van der Waals surface area contributed by atoms with Crippen molar-refractivity contribution in [3.8, 4) is 0 Å². The number of esters is 1. The second-order valence-corrected chi connectivity index (χ2v) is 2.90. The number of carbonyl (C=O) groups is 1. The van der Waals surface area contributed by atoms with Crippen LogP contribution in [0.5, 0.6) is 0 Å². The largest absolute Gasteiger partial charge is 0.465 e. The van der Waals surface area contributed by atoms with Crippen molar-refractivity contribution in [1.29, 1.82) is 0 Å². The Balaban J connectivity index is 3.17. The molecule has 0 spiro atoms. The fourth-order valence-electron chi connectivity index (χ4n) is 1.27.